The number of hydrogen-bond acceptors (Lipinski definition) is 2. The maximum atomic E-state index is 9.73. The van der Waals surface area contributed by atoms with E-state index in [1.165, 1.54) is 5.56 Å². The van der Waals surface area contributed by atoms with E-state index in [0.29, 0.717) is 0 Å². The van der Waals surface area contributed by atoms with Crippen LogP contribution < -0.4 is 5.32 Å². The second-order valence-electron chi connectivity index (χ2n) is 4.23. The van der Waals surface area contributed by atoms with Gasteiger partial charge in [0, 0.05) is 10.2 Å². The smallest absolute Gasteiger partial charge is 0.0741 e. The van der Waals surface area contributed by atoms with Gasteiger partial charge in [-0.15, -0.1) is 0 Å². The first-order valence-electron chi connectivity index (χ1n) is 5.37. The number of rotatable bonds is 2. The molecule has 0 radical (unpaired) electrons. The minimum atomic E-state index is -0.197. The molecule has 2 nitrogen and oxygen atoms in total. The van der Waals surface area contributed by atoms with Crippen molar-refractivity contribution in [1.82, 2.24) is 0 Å². The van der Waals surface area contributed by atoms with Gasteiger partial charge in [0.25, 0.3) is 0 Å². The van der Waals surface area contributed by atoms with Crippen LogP contribution in [0.4, 0.5) is 5.69 Å². The van der Waals surface area contributed by atoms with Crippen molar-refractivity contribution >= 4 is 21.6 Å². The van der Waals surface area contributed by atoms with Crippen molar-refractivity contribution in [3.05, 3.63) is 28.2 Å². The number of aliphatic hydroxyl groups excluding tert-OH is 1. The van der Waals surface area contributed by atoms with Gasteiger partial charge < -0.3 is 10.4 Å². The SMILES string of the molecule is Cc1ccc(Br)c(N[C@@H]2CCC[C@H]2O)c1. The Morgan fingerprint density at radius 3 is 2.87 bits per heavy atom. The topological polar surface area (TPSA) is 32.3 Å². The summed E-state index contributed by atoms with van der Waals surface area (Å²) < 4.78 is 1.06. The molecule has 0 saturated heterocycles. The number of benzene rings is 1. The first-order chi connectivity index (χ1) is 7.16. The summed E-state index contributed by atoms with van der Waals surface area (Å²) in [6.07, 6.45) is 2.89. The predicted molar refractivity (Wildman–Crippen MR) is 66.1 cm³/mol. The Bertz CT molecular complexity index is 353. The van der Waals surface area contributed by atoms with E-state index in [1.54, 1.807) is 0 Å². The van der Waals surface area contributed by atoms with Crippen molar-refractivity contribution in [3.8, 4) is 0 Å². The summed E-state index contributed by atoms with van der Waals surface area (Å²) in [6, 6.07) is 6.43. The summed E-state index contributed by atoms with van der Waals surface area (Å²) in [5.41, 5.74) is 2.31. The molecule has 1 aliphatic rings. The lowest BCUT2D eigenvalue weighted by Crippen LogP contribution is -2.28. The summed E-state index contributed by atoms with van der Waals surface area (Å²) in [4.78, 5) is 0. The molecular weight excluding hydrogens is 254 g/mol. The van der Waals surface area contributed by atoms with Crippen LogP contribution in [0.1, 0.15) is 24.8 Å². The van der Waals surface area contributed by atoms with Crippen molar-refractivity contribution in [3.63, 3.8) is 0 Å². The van der Waals surface area contributed by atoms with E-state index in [1.807, 2.05) is 6.07 Å². The lowest BCUT2D eigenvalue weighted by Gasteiger charge is -2.19. The largest absolute Gasteiger partial charge is 0.391 e. The van der Waals surface area contributed by atoms with Gasteiger partial charge in [-0.2, -0.15) is 0 Å². The molecule has 1 aromatic rings. The Labute approximate surface area is 98.8 Å². The van der Waals surface area contributed by atoms with E-state index in [2.05, 4.69) is 40.3 Å². The van der Waals surface area contributed by atoms with Crippen LogP contribution in [0.15, 0.2) is 22.7 Å². The molecule has 0 bridgehead atoms. The van der Waals surface area contributed by atoms with Crippen LogP contribution in [0.5, 0.6) is 0 Å². The molecule has 1 saturated carbocycles. The summed E-state index contributed by atoms with van der Waals surface area (Å²) in [7, 11) is 0. The summed E-state index contributed by atoms with van der Waals surface area (Å²) >= 11 is 3.51. The number of aliphatic hydroxyl groups is 1. The van der Waals surface area contributed by atoms with Crippen LogP contribution in [0.3, 0.4) is 0 Å². The molecule has 1 aromatic carbocycles. The fourth-order valence-corrected chi connectivity index (χ4v) is 2.42. The molecule has 1 fully saturated rings. The molecule has 0 aromatic heterocycles. The molecule has 3 heteroatoms. The molecular formula is C12H16BrNO. The highest BCUT2D eigenvalue weighted by Crippen LogP contribution is 2.28. The van der Waals surface area contributed by atoms with Gasteiger partial charge in [-0.25, -0.2) is 0 Å². The Morgan fingerprint density at radius 1 is 1.40 bits per heavy atom. The van der Waals surface area contributed by atoms with Crippen molar-refractivity contribution in [2.24, 2.45) is 0 Å². The van der Waals surface area contributed by atoms with Crippen molar-refractivity contribution in [2.45, 2.75) is 38.3 Å². The first kappa shape index (κ1) is 11.0. The van der Waals surface area contributed by atoms with E-state index in [-0.39, 0.29) is 12.1 Å². The Balaban J connectivity index is 2.12. The summed E-state index contributed by atoms with van der Waals surface area (Å²) in [5, 5.41) is 13.1. The minimum absolute atomic E-state index is 0.197. The molecule has 15 heavy (non-hydrogen) atoms. The molecule has 2 N–H and O–H groups in total. The number of aryl methyl sites for hydroxylation is 1. The molecule has 2 atom stereocenters. The van der Waals surface area contributed by atoms with E-state index < -0.39 is 0 Å². The van der Waals surface area contributed by atoms with Crippen LogP contribution in [0.25, 0.3) is 0 Å². The van der Waals surface area contributed by atoms with Crippen molar-refractivity contribution in [2.75, 3.05) is 5.32 Å². The highest BCUT2D eigenvalue weighted by Gasteiger charge is 2.25. The maximum absolute atomic E-state index is 9.73. The zero-order valence-electron chi connectivity index (χ0n) is 8.83. The Morgan fingerprint density at radius 2 is 2.20 bits per heavy atom. The van der Waals surface area contributed by atoms with E-state index in [9.17, 15) is 5.11 Å². The third kappa shape index (κ3) is 2.52. The predicted octanol–water partition coefficient (Wildman–Crippen LogP) is 3.08. The van der Waals surface area contributed by atoms with E-state index in [0.717, 1.165) is 29.4 Å². The fourth-order valence-electron chi connectivity index (χ4n) is 2.06. The van der Waals surface area contributed by atoms with Crippen LogP contribution in [-0.2, 0) is 0 Å². The maximum Gasteiger partial charge on any atom is 0.0741 e. The molecule has 2 rings (SSSR count). The summed E-state index contributed by atoms with van der Waals surface area (Å²) in [5.74, 6) is 0. The zero-order chi connectivity index (χ0) is 10.8. The van der Waals surface area contributed by atoms with Crippen LogP contribution in [-0.4, -0.2) is 17.3 Å². The Kier molecular flexibility index (Phi) is 3.32. The van der Waals surface area contributed by atoms with Gasteiger partial charge in [0.2, 0.25) is 0 Å². The number of hydrogen-bond donors (Lipinski definition) is 2. The van der Waals surface area contributed by atoms with Gasteiger partial charge in [-0.3, -0.25) is 0 Å². The Hall–Kier alpha value is -0.540. The quantitative estimate of drug-likeness (QED) is 0.865. The lowest BCUT2D eigenvalue weighted by molar-refractivity contribution is 0.172. The molecule has 0 amide bonds. The minimum Gasteiger partial charge on any atom is -0.391 e. The average molecular weight is 270 g/mol. The van der Waals surface area contributed by atoms with E-state index in [4.69, 9.17) is 0 Å². The van der Waals surface area contributed by atoms with Gasteiger partial charge in [-0.1, -0.05) is 6.07 Å². The lowest BCUT2D eigenvalue weighted by atomic mass is 10.1. The zero-order valence-corrected chi connectivity index (χ0v) is 10.4. The van der Waals surface area contributed by atoms with E-state index >= 15 is 0 Å². The standard InChI is InChI=1S/C12H16BrNO/c1-8-5-6-9(13)11(7-8)14-10-3-2-4-12(10)15/h5-7,10,12,14-15H,2-4H2,1H3/t10-,12-/m1/s1. The highest BCUT2D eigenvalue weighted by atomic mass is 79.9. The third-order valence-electron chi connectivity index (χ3n) is 2.94. The molecule has 0 unspecified atom stereocenters. The number of anilines is 1. The van der Waals surface area contributed by atoms with Gasteiger partial charge >= 0.3 is 0 Å². The van der Waals surface area contributed by atoms with Gasteiger partial charge in [-0.05, 0) is 59.8 Å². The molecule has 82 valence electrons. The first-order valence-corrected chi connectivity index (χ1v) is 6.17. The van der Waals surface area contributed by atoms with Crippen LogP contribution in [0, 0.1) is 6.92 Å². The van der Waals surface area contributed by atoms with Gasteiger partial charge in [0.15, 0.2) is 0 Å². The van der Waals surface area contributed by atoms with Crippen LogP contribution in [0.2, 0.25) is 0 Å². The molecule has 0 spiro atoms. The van der Waals surface area contributed by atoms with Gasteiger partial charge in [0.05, 0.1) is 12.1 Å². The molecule has 0 aliphatic heterocycles. The molecule has 1 aliphatic carbocycles. The fraction of sp³-hybridized carbons (Fsp3) is 0.500. The highest BCUT2D eigenvalue weighted by molar-refractivity contribution is 9.10. The van der Waals surface area contributed by atoms with Crippen molar-refractivity contribution in [1.29, 1.82) is 0 Å². The number of nitrogens with one attached hydrogen (secondary N) is 1. The van der Waals surface area contributed by atoms with Crippen LogP contribution >= 0.6 is 15.9 Å². The van der Waals surface area contributed by atoms with Gasteiger partial charge in [0.1, 0.15) is 0 Å². The summed E-state index contributed by atoms with van der Waals surface area (Å²) in [6.45, 7) is 2.07. The second kappa shape index (κ2) is 4.54. The normalized spacial score (nSPS) is 25.5. The molecule has 0 heterocycles. The number of halogens is 1. The second-order valence-corrected chi connectivity index (χ2v) is 5.09. The van der Waals surface area contributed by atoms with Crippen molar-refractivity contribution < 1.29 is 5.11 Å². The third-order valence-corrected chi connectivity index (χ3v) is 3.63. The monoisotopic (exact) mass is 269 g/mol. The average Bonchev–Trinajstić information content (AvgIpc) is 2.58.